The van der Waals surface area contributed by atoms with Gasteiger partial charge in [0.2, 0.25) is 0 Å². The van der Waals surface area contributed by atoms with Crippen molar-refractivity contribution in [2.75, 3.05) is 0 Å². The smallest absolute Gasteiger partial charge is 0.254 e. The van der Waals surface area contributed by atoms with Gasteiger partial charge in [-0.25, -0.2) is 4.39 Å². The van der Waals surface area contributed by atoms with Crippen molar-refractivity contribution < 1.29 is 9.18 Å². The van der Waals surface area contributed by atoms with Gasteiger partial charge >= 0.3 is 0 Å². The lowest BCUT2D eigenvalue weighted by Gasteiger charge is -2.24. The first-order valence-corrected chi connectivity index (χ1v) is 11.3. The molecule has 0 saturated carbocycles. The molecule has 0 radical (unpaired) electrons. The average Bonchev–Trinajstić information content (AvgIpc) is 3.28. The molecule has 0 atom stereocenters. The molecule has 1 aromatic heterocycles. The third-order valence-electron chi connectivity index (χ3n) is 6.17. The third-order valence-corrected chi connectivity index (χ3v) is 6.17. The summed E-state index contributed by atoms with van der Waals surface area (Å²) >= 11 is 0. The quantitative estimate of drug-likeness (QED) is 0.379. The highest BCUT2D eigenvalue weighted by molar-refractivity contribution is 5.94. The van der Waals surface area contributed by atoms with Gasteiger partial charge in [0.15, 0.2) is 5.82 Å². The van der Waals surface area contributed by atoms with Crippen molar-refractivity contribution in [1.29, 1.82) is 5.26 Å². The minimum absolute atomic E-state index is 0.134. The summed E-state index contributed by atoms with van der Waals surface area (Å²) in [6, 6.07) is 19.7. The average molecular weight is 468 g/mol. The molecule has 4 aromatic rings. The Hall–Kier alpha value is -4.31. The molecule has 0 unspecified atom stereocenters. The zero-order valence-corrected chi connectivity index (χ0v) is 20.0. The summed E-state index contributed by atoms with van der Waals surface area (Å²) in [5.41, 5.74) is 5.97. The minimum atomic E-state index is -0.305. The van der Waals surface area contributed by atoms with Crippen LogP contribution in [-0.2, 0) is 19.6 Å². The standard InChI is InChI=1S/C28H26FN5O/c1-19-4-9-24(12-20(19)2)28(35)33(16-25-10-11-26(29)13-21(25)3)17-27-32-31-18-34(27)15-23-7-5-22(14-30)6-8-23/h4-13,18H,15-17H2,1-3H3. The lowest BCUT2D eigenvalue weighted by atomic mass is 10.0. The number of hydrogen-bond donors (Lipinski definition) is 0. The number of rotatable bonds is 7. The molecule has 4 rings (SSSR count). The van der Waals surface area contributed by atoms with Crippen LogP contribution in [0.15, 0.2) is 67.0 Å². The summed E-state index contributed by atoms with van der Waals surface area (Å²) in [4.78, 5) is 15.3. The first-order chi connectivity index (χ1) is 16.8. The first-order valence-electron chi connectivity index (χ1n) is 11.3. The van der Waals surface area contributed by atoms with Crippen molar-refractivity contribution in [3.8, 4) is 6.07 Å². The second-order valence-corrected chi connectivity index (χ2v) is 8.71. The van der Waals surface area contributed by atoms with E-state index in [1.165, 1.54) is 12.1 Å². The fraction of sp³-hybridized carbons (Fsp3) is 0.214. The van der Waals surface area contributed by atoms with Gasteiger partial charge in [0.25, 0.3) is 5.91 Å². The molecule has 0 aliphatic carbocycles. The Kier molecular flexibility index (Phi) is 7.02. The van der Waals surface area contributed by atoms with Gasteiger partial charge in [-0.2, -0.15) is 5.26 Å². The molecule has 0 aliphatic rings. The Morgan fingerprint density at radius 3 is 2.43 bits per heavy atom. The molecular formula is C28H26FN5O. The Balaban J connectivity index is 1.63. The van der Waals surface area contributed by atoms with Crippen LogP contribution in [0.5, 0.6) is 0 Å². The van der Waals surface area contributed by atoms with Crippen LogP contribution in [0.25, 0.3) is 0 Å². The van der Waals surface area contributed by atoms with Crippen molar-refractivity contribution in [3.63, 3.8) is 0 Å². The number of benzene rings is 3. The predicted molar refractivity (Wildman–Crippen MR) is 131 cm³/mol. The van der Waals surface area contributed by atoms with E-state index in [1.807, 2.05) is 55.7 Å². The van der Waals surface area contributed by atoms with Crippen molar-refractivity contribution in [3.05, 3.63) is 118 Å². The Bertz CT molecular complexity index is 1400. The van der Waals surface area contributed by atoms with Gasteiger partial charge in [0.1, 0.15) is 12.1 Å². The van der Waals surface area contributed by atoms with Gasteiger partial charge in [0, 0.05) is 12.1 Å². The lowest BCUT2D eigenvalue weighted by Crippen LogP contribution is -2.32. The highest BCUT2D eigenvalue weighted by atomic mass is 19.1. The van der Waals surface area contributed by atoms with Crippen LogP contribution in [0.1, 0.15) is 49.6 Å². The van der Waals surface area contributed by atoms with E-state index in [-0.39, 0.29) is 18.3 Å². The summed E-state index contributed by atoms with van der Waals surface area (Å²) < 4.78 is 15.6. The van der Waals surface area contributed by atoms with Gasteiger partial charge in [-0.05, 0) is 85.0 Å². The Morgan fingerprint density at radius 1 is 0.971 bits per heavy atom. The summed E-state index contributed by atoms with van der Waals surface area (Å²) in [7, 11) is 0. The molecule has 7 heteroatoms. The highest BCUT2D eigenvalue weighted by Gasteiger charge is 2.21. The van der Waals surface area contributed by atoms with Crippen molar-refractivity contribution in [1.82, 2.24) is 19.7 Å². The Labute approximate surface area is 204 Å². The highest BCUT2D eigenvalue weighted by Crippen LogP contribution is 2.19. The van der Waals surface area contributed by atoms with Crippen LogP contribution in [0.4, 0.5) is 4.39 Å². The number of nitriles is 1. The number of nitrogens with zero attached hydrogens (tertiary/aromatic N) is 5. The summed E-state index contributed by atoms with van der Waals surface area (Å²) in [5.74, 6) is 0.191. The summed E-state index contributed by atoms with van der Waals surface area (Å²) in [6.07, 6.45) is 1.63. The topological polar surface area (TPSA) is 74.8 Å². The zero-order valence-electron chi connectivity index (χ0n) is 20.0. The minimum Gasteiger partial charge on any atom is -0.327 e. The van der Waals surface area contributed by atoms with Crippen LogP contribution in [0.2, 0.25) is 0 Å². The number of hydrogen-bond acceptors (Lipinski definition) is 4. The number of halogens is 1. The number of carbonyl (C=O) groups is 1. The maximum atomic E-state index is 13.7. The lowest BCUT2D eigenvalue weighted by molar-refractivity contribution is 0.0723. The predicted octanol–water partition coefficient (Wildman–Crippen LogP) is 5.11. The molecule has 1 amide bonds. The van der Waals surface area contributed by atoms with E-state index in [1.54, 1.807) is 29.4 Å². The van der Waals surface area contributed by atoms with Crippen LogP contribution in [0.3, 0.4) is 0 Å². The van der Waals surface area contributed by atoms with Gasteiger partial charge in [-0.3, -0.25) is 4.79 Å². The molecule has 0 bridgehead atoms. The van der Waals surface area contributed by atoms with Gasteiger partial charge in [0.05, 0.1) is 24.7 Å². The molecule has 0 spiro atoms. The molecule has 1 heterocycles. The fourth-order valence-electron chi connectivity index (χ4n) is 3.88. The van der Waals surface area contributed by atoms with Gasteiger partial charge in [-0.1, -0.05) is 24.3 Å². The summed E-state index contributed by atoms with van der Waals surface area (Å²) in [5, 5.41) is 17.4. The molecule has 0 aliphatic heterocycles. The van der Waals surface area contributed by atoms with E-state index in [9.17, 15) is 9.18 Å². The molecule has 35 heavy (non-hydrogen) atoms. The van der Waals surface area contributed by atoms with E-state index in [2.05, 4.69) is 16.3 Å². The van der Waals surface area contributed by atoms with Crippen molar-refractivity contribution in [2.24, 2.45) is 0 Å². The van der Waals surface area contributed by atoms with Crippen LogP contribution >= 0.6 is 0 Å². The molecule has 6 nitrogen and oxygen atoms in total. The van der Waals surface area contributed by atoms with Crippen LogP contribution in [0, 0.1) is 37.9 Å². The van der Waals surface area contributed by atoms with Crippen molar-refractivity contribution in [2.45, 2.75) is 40.4 Å². The maximum absolute atomic E-state index is 13.7. The first kappa shape index (κ1) is 23.8. The maximum Gasteiger partial charge on any atom is 0.254 e. The third kappa shape index (κ3) is 5.61. The molecular weight excluding hydrogens is 441 g/mol. The fourth-order valence-corrected chi connectivity index (χ4v) is 3.88. The number of amides is 1. The van der Waals surface area contributed by atoms with Crippen molar-refractivity contribution >= 4 is 5.91 Å². The monoisotopic (exact) mass is 467 g/mol. The molecule has 3 aromatic carbocycles. The van der Waals surface area contributed by atoms with E-state index >= 15 is 0 Å². The van der Waals surface area contributed by atoms with Gasteiger partial charge < -0.3 is 9.47 Å². The molecule has 0 N–H and O–H groups in total. The van der Waals surface area contributed by atoms with Crippen LogP contribution in [-0.4, -0.2) is 25.6 Å². The summed E-state index contributed by atoms with van der Waals surface area (Å²) in [6.45, 7) is 6.88. The van der Waals surface area contributed by atoms with E-state index < -0.39 is 0 Å². The Morgan fingerprint density at radius 2 is 1.74 bits per heavy atom. The van der Waals surface area contributed by atoms with Gasteiger partial charge in [-0.15, -0.1) is 10.2 Å². The normalized spacial score (nSPS) is 10.7. The van der Waals surface area contributed by atoms with E-state index in [4.69, 9.17) is 5.26 Å². The molecule has 176 valence electrons. The number of aromatic nitrogens is 3. The van der Waals surface area contributed by atoms with E-state index in [0.717, 1.165) is 27.8 Å². The number of aryl methyl sites for hydroxylation is 3. The SMILES string of the molecule is Cc1ccc(C(=O)N(Cc2ccc(F)cc2C)Cc2nncn2Cc2ccc(C#N)cc2)cc1C. The van der Waals surface area contributed by atoms with E-state index in [0.29, 0.717) is 30.0 Å². The largest absolute Gasteiger partial charge is 0.327 e. The second kappa shape index (κ2) is 10.3. The van der Waals surface area contributed by atoms with Crippen LogP contribution < -0.4 is 0 Å². The molecule has 0 fully saturated rings. The zero-order chi connectivity index (χ0) is 24.9. The molecule has 0 saturated heterocycles. The second-order valence-electron chi connectivity index (χ2n) is 8.71. The number of carbonyl (C=O) groups excluding carboxylic acids is 1.